The largest absolute Gasteiger partial charge is 0.374 e. The van der Waals surface area contributed by atoms with Gasteiger partial charge < -0.3 is 4.74 Å². The van der Waals surface area contributed by atoms with E-state index in [1.807, 2.05) is 6.21 Å². The van der Waals surface area contributed by atoms with Crippen molar-refractivity contribution in [2.24, 2.45) is 0 Å². The van der Waals surface area contributed by atoms with Crippen molar-refractivity contribution in [3.8, 4) is 0 Å². The number of ether oxygens (including phenoxy) is 1. The fourth-order valence-electron chi connectivity index (χ4n) is 0.646. The third-order valence-corrected chi connectivity index (χ3v) is 1.13. The van der Waals surface area contributed by atoms with Gasteiger partial charge in [0.1, 0.15) is 20.2 Å². The fourth-order valence-corrected chi connectivity index (χ4v) is 0.646. The zero-order chi connectivity index (χ0) is 7.11. The van der Waals surface area contributed by atoms with Gasteiger partial charge in [-0.3, -0.25) is 0 Å². The third kappa shape index (κ3) is 5.50. The first kappa shape index (κ1) is 8.63. The molecule has 0 aromatic carbocycles. The van der Waals surface area contributed by atoms with Gasteiger partial charge in [0.15, 0.2) is 6.21 Å². The van der Waals surface area contributed by atoms with Crippen LogP contribution in [0.15, 0.2) is 0 Å². The van der Waals surface area contributed by atoms with E-state index in [0.29, 0.717) is 0 Å². The quantitative estimate of drug-likeness (QED) is 0.404. The first-order valence-electron chi connectivity index (χ1n) is 3.33. The number of methoxy groups -OCH3 is 1. The number of hydrogen-bond acceptors (Lipinski definition) is 1. The Morgan fingerprint density at radius 3 is 2.67 bits per heavy atom. The topological polar surface area (TPSA) is 12.2 Å². The molecule has 0 radical (unpaired) electrons. The van der Waals surface area contributed by atoms with Crippen LogP contribution in [0.1, 0.15) is 13.3 Å². The molecule has 0 unspecified atom stereocenters. The summed E-state index contributed by atoms with van der Waals surface area (Å²) in [7, 11) is 3.76. The normalized spacial score (nSPS) is 12.1. The predicted molar refractivity (Wildman–Crippen MR) is 39.3 cm³/mol. The maximum Gasteiger partial charge on any atom is 0.165 e. The summed E-state index contributed by atoms with van der Waals surface area (Å²) in [6.07, 6.45) is 3.24. The van der Waals surface area contributed by atoms with Gasteiger partial charge in [-0.05, 0) is 0 Å². The van der Waals surface area contributed by atoms with Gasteiger partial charge in [-0.1, -0.05) is 6.92 Å². The summed E-state index contributed by atoms with van der Waals surface area (Å²) in [4.78, 5) is 0. The van der Waals surface area contributed by atoms with E-state index in [4.69, 9.17) is 4.74 Å². The summed E-state index contributed by atoms with van der Waals surface area (Å²) >= 11 is 0. The first-order chi connectivity index (χ1) is 4.31. The average molecular weight is 130 g/mol. The van der Waals surface area contributed by atoms with Gasteiger partial charge in [-0.25, -0.2) is 4.58 Å². The molecule has 0 amide bonds. The molecule has 0 atom stereocenters. The van der Waals surface area contributed by atoms with E-state index in [9.17, 15) is 0 Å². The maximum atomic E-state index is 4.86. The van der Waals surface area contributed by atoms with E-state index in [0.717, 1.165) is 13.2 Å². The molecule has 0 heterocycles. The number of hydrogen-bond donors (Lipinski definition) is 0. The van der Waals surface area contributed by atoms with Gasteiger partial charge in [-0.15, -0.1) is 0 Å². The zero-order valence-corrected chi connectivity index (χ0v) is 6.55. The average Bonchev–Trinajstić information content (AvgIpc) is 1.85. The van der Waals surface area contributed by atoms with E-state index in [2.05, 4.69) is 18.5 Å². The highest BCUT2D eigenvalue weighted by Crippen LogP contribution is 1.74. The van der Waals surface area contributed by atoms with Crippen LogP contribution >= 0.6 is 0 Å². The van der Waals surface area contributed by atoms with Crippen molar-refractivity contribution in [3.05, 3.63) is 0 Å². The summed E-state index contributed by atoms with van der Waals surface area (Å²) in [6, 6.07) is 0. The highest BCUT2D eigenvalue weighted by Gasteiger charge is 1.89. The van der Waals surface area contributed by atoms with Crippen LogP contribution in [0.5, 0.6) is 0 Å². The molecule has 0 aliphatic heterocycles. The summed E-state index contributed by atoms with van der Waals surface area (Å²) in [5.41, 5.74) is 0. The molecule has 0 spiro atoms. The van der Waals surface area contributed by atoms with Gasteiger partial charge in [0.2, 0.25) is 0 Å². The van der Waals surface area contributed by atoms with Crippen molar-refractivity contribution in [2.45, 2.75) is 13.3 Å². The second kappa shape index (κ2) is 5.76. The van der Waals surface area contributed by atoms with Crippen LogP contribution in [-0.4, -0.2) is 38.1 Å². The standard InChI is InChI=1S/C7H16NO/c1-4-5-8(2)6-7-9-3/h6H,4-5,7H2,1-3H3/q+1. The highest BCUT2D eigenvalue weighted by molar-refractivity contribution is 5.52. The van der Waals surface area contributed by atoms with Gasteiger partial charge in [0.05, 0.1) is 0 Å². The third-order valence-electron chi connectivity index (χ3n) is 1.13. The van der Waals surface area contributed by atoms with Crippen molar-refractivity contribution >= 4 is 6.21 Å². The fraction of sp³-hybridized carbons (Fsp3) is 0.857. The Hall–Kier alpha value is -0.370. The Bertz CT molecular complexity index is 88.9. The van der Waals surface area contributed by atoms with Gasteiger partial charge in [-0.2, -0.15) is 0 Å². The van der Waals surface area contributed by atoms with E-state index in [1.54, 1.807) is 7.11 Å². The lowest BCUT2D eigenvalue weighted by Crippen LogP contribution is -2.10. The first-order valence-corrected chi connectivity index (χ1v) is 3.33. The van der Waals surface area contributed by atoms with Crippen molar-refractivity contribution < 1.29 is 9.31 Å². The highest BCUT2D eigenvalue weighted by atomic mass is 16.5. The number of nitrogens with zero attached hydrogens (tertiary/aromatic N) is 1. The molecule has 0 N–H and O–H groups in total. The monoisotopic (exact) mass is 130 g/mol. The summed E-state index contributed by atoms with van der Waals surface area (Å²) in [5, 5.41) is 0. The molecule has 0 fully saturated rings. The second-order valence-electron chi connectivity index (χ2n) is 2.12. The molecular weight excluding hydrogens is 114 g/mol. The molecule has 0 aromatic rings. The molecule has 54 valence electrons. The molecule has 0 saturated carbocycles. The predicted octanol–water partition coefficient (Wildman–Crippen LogP) is 0.756. The Morgan fingerprint density at radius 1 is 1.56 bits per heavy atom. The van der Waals surface area contributed by atoms with E-state index in [1.165, 1.54) is 6.42 Å². The lowest BCUT2D eigenvalue weighted by molar-refractivity contribution is -0.494. The van der Waals surface area contributed by atoms with Crippen molar-refractivity contribution in [1.82, 2.24) is 0 Å². The second-order valence-corrected chi connectivity index (χ2v) is 2.12. The Labute approximate surface area is 57.1 Å². The SMILES string of the molecule is CCC[N+](C)=CCOC. The summed E-state index contributed by atoms with van der Waals surface area (Å²) in [5.74, 6) is 0. The minimum Gasteiger partial charge on any atom is -0.374 e. The lowest BCUT2D eigenvalue weighted by Gasteiger charge is -1.91. The summed E-state index contributed by atoms with van der Waals surface area (Å²) in [6.45, 7) is 4.00. The van der Waals surface area contributed by atoms with Gasteiger partial charge >= 0.3 is 0 Å². The minimum absolute atomic E-state index is 0.719. The molecular formula is C7H16NO+. The van der Waals surface area contributed by atoms with Crippen molar-refractivity contribution in [2.75, 3.05) is 27.3 Å². The Kier molecular flexibility index (Phi) is 5.52. The van der Waals surface area contributed by atoms with Crippen LogP contribution in [-0.2, 0) is 4.74 Å². The maximum absolute atomic E-state index is 4.86. The number of rotatable bonds is 4. The van der Waals surface area contributed by atoms with E-state index in [-0.39, 0.29) is 0 Å². The van der Waals surface area contributed by atoms with E-state index < -0.39 is 0 Å². The molecule has 0 aromatic heterocycles. The molecule has 9 heavy (non-hydrogen) atoms. The van der Waals surface area contributed by atoms with Crippen molar-refractivity contribution in [3.63, 3.8) is 0 Å². The van der Waals surface area contributed by atoms with Gasteiger partial charge in [0.25, 0.3) is 0 Å². The molecule has 2 heteroatoms. The molecule has 0 aliphatic rings. The van der Waals surface area contributed by atoms with Gasteiger partial charge in [0, 0.05) is 13.5 Å². The minimum atomic E-state index is 0.719. The molecule has 2 nitrogen and oxygen atoms in total. The smallest absolute Gasteiger partial charge is 0.165 e. The Balaban J connectivity index is 3.30. The van der Waals surface area contributed by atoms with Crippen LogP contribution in [0.2, 0.25) is 0 Å². The van der Waals surface area contributed by atoms with Crippen LogP contribution in [0.3, 0.4) is 0 Å². The molecule has 0 aliphatic carbocycles. The zero-order valence-electron chi connectivity index (χ0n) is 6.55. The Morgan fingerprint density at radius 2 is 2.22 bits per heavy atom. The summed E-state index contributed by atoms with van der Waals surface area (Å²) < 4.78 is 7.00. The van der Waals surface area contributed by atoms with Crippen LogP contribution < -0.4 is 0 Å². The molecule has 0 bridgehead atoms. The molecule has 0 saturated heterocycles. The molecule has 0 rings (SSSR count). The van der Waals surface area contributed by atoms with Crippen LogP contribution in [0.25, 0.3) is 0 Å². The van der Waals surface area contributed by atoms with Crippen LogP contribution in [0.4, 0.5) is 0 Å². The van der Waals surface area contributed by atoms with E-state index >= 15 is 0 Å². The lowest BCUT2D eigenvalue weighted by atomic mass is 10.5. The van der Waals surface area contributed by atoms with Crippen LogP contribution in [0, 0.1) is 0 Å². The van der Waals surface area contributed by atoms with Crippen molar-refractivity contribution in [1.29, 1.82) is 0 Å².